The number of rotatable bonds is 2. The van der Waals surface area contributed by atoms with E-state index in [1.807, 2.05) is 49.0 Å². The van der Waals surface area contributed by atoms with Crippen LogP contribution in [-0.2, 0) is 7.05 Å². The summed E-state index contributed by atoms with van der Waals surface area (Å²) in [4.78, 5) is 0. The molecule has 0 amide bonds. The third kappa shape index (κ3) is 2.45. The summed E-state index contributed by atoms with van der Waals surface area (Å²) < 4.78 is 40.2. The molecule has 1 unspecified atom stereocenters. The molecule has 0 radical (unpaired) electrons. The highest BCUT2D eigenvalue weighted by molar-refractivity contribution is 6.19. The lowest BCUT2D eigenvalue weighted by atomic mass is 9.96. The van der Waals surface area contributed by atoms with E-state index in [2.05, 4.69) is 30.3 Å². The van der Waals surface area contributed by atoms with E-state index in [4.69, 9.17) is 9.90 Å². The van der Waals surface area contributed by atoms with Crippen LogP contribution in [0.1, 0.15) is 36.3 Å². The molecule has 0 N–H and O–H groups in total. The van der Waals surface area contributed by atoms with Crippen molar-refractivity contribution in [2.75, 3.05) is 0 Å². The number of aromatic nitrogens is 1. The summed E-state index contributed by atoms with van der Waals surface area (Å²) in [5.41, 5.74) is 4.90. The van der Waals surface area contributed by atoms with Crippen LogP contribution in [0, 0.1) is 6.92 Å². The second kappa shape index (κ2) is 6.20. The van der Waals surface area contributed by atoms with Crippen LogP contribution in [0.15, 0.2) is 71.3 Å². The van der Waals surface area contributed by atoms with Gasteiger partial charge in [-0.15, -0.1) is 0 Å². The molecule has 2 nitrogen and oxygen atoms in total. The van der Waals surface area contributed by atoms with Crippen molar-refractivity contribution < 1.29 is 14.5 Å². The number of hydrogen-bond donors (Lipinski definition) is 0. The number of furan rings is 1. The summed E-state index contributed by atoms with van der Waals surface area (Å²) in [5.74, 6) is -1.70. The number of pyridine rings is 1. The standard InChI is InChI=1S/C26H24NO/c1-16(2)19-13-14-27(4)23(15-19)20-10-11-22-25-21-8-6-5-7-18(21)9-12-24(25)28-26(22)17(20)3/h5-16H,1-4H3/q+1/i1D3,16D. The molecular formula is C26H24NO+. The normalized spacial score (nSPS) is 16.5. The van der Waals surface area contributed by atoms with Crippen LogP contribution in [0.5, 0.6) is 0 Å². The smallest absolute Gasteiger partial charge is 0.212 e. The molecule has 2 heterocycles. The minimum absolute atomic E-state index is 0.459. The van der Waals surface area contributed by atoms with Gasteiger partial charge < -0.3 is 4.42 Å². The Morgan fingerprint density at radius 3 is 2.75 bits per heavy atom. The fourth-order valence-corrected chi connectivity index (χ4v) is 4.09. The highest BCUT2D eigenvalue weighted by Crippen LogP contribution is 2.38. The maximum absolute atomic E-state index is 8.49. The van der Waals surface area contributed by atoms with Crippen molar-refractivity contribution in [3.8, 4) is 11.3 Å². The van der Waals surface area contributed by atoms with Gasteiger partial charge in [-0.3, -0.25) is 0 Å². The predicted octanol–water partition coefficient (Wildman–Crippen LogP) is 6.66. The van der Waals surface area contributed by atoms with Crippen molar-refractivity contribution in [1.29, 1.82) is 0 Å². The lowest BCUT2D eigenvalue weighted by Crippen LogP contribution is -2.30. The number of nitrogens with zero attached hydrogens (tertiary/aromatic N) is 1. The van der Waals surface area contributed by atoms with Gasteiger partial charge in [0.05, 0.1) is 5.56 Å². The van der Waals surface area contributed by atoms with Gasteiger partial charge in [-0.25, -0.2) is 4.57 Å². The van der Waals surface area contributed by atoms with Crippen LogP contribution < -0.4 is 4.57 Å². The van der Waals surface area contributed by atoms with Crippen molar-refractivity contribution in [2.24, 2.45) is 7.05 Å². The van der Waals surface area contributed by atoms with Gasteiger partial charge in [0, 0.05) is 34.0 Å². The first kappa shape index (κ1) is 13.1. The van der Waals surface area contributed by atoms with E-state index in [1.54, 1.807) is 6.07 Å². The molecule has 0 aliphatic heterocycles. The van der Waals surface area contributed by atoms with Gasteiger partial charge in [0.1, 0.15) is 18.2 Å². The Labute approximate surface area is 170 Å². The zero-order valence-electron chi connectivity index (χ0n) is 20.2. The number of benzene rings is 3. The number of aryl methyl sites for hydroxylation is 2. The van der Waals surface area contributed by atoms with E-state index in [9.17, 15) is 0 Å². The Hall–Kier alpha value is -3.13. The second-order valence-corrected chi connectivity index (χ2v) is 7.41. The lowest BCUT2D eigenvalue weighted by molar-refractivity contribution is -0.660. The monoisotopic (exact) mass is 370 g/mol. The quantitative estimate of drug-likeness (QED) is 0.317. The van der Waals surface area contributed by atoms with Crippen molar-refractivity contribution in [3.63, 3.8) is 0 Å². The maximum Gasteiger partial charge on any atom is 0.212 e. The van der Waals surface area contributed by atoms with Crippen molar-refractivity contribution in [1.82, 2.24) is 0 Å². The Morgan fingerprint density at radius 1 is 1.04 bits per heavy atom. The summed E-state index contributed by atoms with van der Waals surface area (Å²) in [6, 6.07) is 20.0. The molecule has 0 aliphatic carbocycles. The topological polar surface area (TPSA) is 17.0 Å². The van der Waals surface area contributed by atoms with Crippen LogP contribution in [0.2, 0.25) is 0 Å². The van der Waals surface area contributed by atoms with Crippen molar-refractivity contribution >= 4 is 32.7 Å². The molecule has 5 rings (SSSR count). The average molecular weight is 371 g/mol. The molecule has 0 fully saturated rings. The molecule has 3 aromatic carbocycles. The van der Waals surface area contributed by atoms with Crippen LogP contribution in [0.4, 0.5) is 0 Å². The fraction of sp³-hybridized carbons (Fsp3) is 0.192. The molecule has 2 aromatic heterocycles. The average Bonchev–Trinajstić information content (AvgIpc) is 3.14. The molecule has 0 saturated heterocycles. The first-order valence-corrected chi connectivity index (χ1v) is 9.44. The van der Waals surface area contributed by atoms with E-state index in [0.717, 1.165) is 44.1 Å². The Morgan fingerprint density at radius 2 is 1.89 bits per heavy atom. The summed E-state index contributed by atoms with van der Waals surface area (Å²) in [6.45, 7) is 1.04. The van der Waals surface area contributed by atoms with E-state index in [0.29, 0.717) is 5.56 Å². The first-order chi connectivity index (χ1) is 15.1. The maximum atomic E-state index is 8.49. The Bertz CT molecular complexity index is 1510. The highest BCUT2D eigenvalue weighted by Gasteiger charge is 2.19. The lowest BCUT2D eigenvalue weighted by Gasteiger charge is -2.09. The summed E-state index contributed by atoms with van der Waals surface area (Å²) >= 11 is 0. The van der Waals surface area contributed by atoms with Crippen LogP contribution in [0.25, 0.3) is 44.0 Å². The Balaban J connectivity index is 1.76. The molecule has 0 saturated carbocycles. The molecule has 0 bridgehead atoms. The van der Waals surface area contributed by atoms with Gasteiger partial charge in [-0.1, -0.05) is 44.1 Å². The SMILES string of the molecule is [2H]C([2H])([2H])C([2H])(C)c1cc[n+](C)c(-c2ccc3c(oc4ccc5ccccc5c43)c2C)c1. The minimum atomic E-state index is -2.43. The first-order valence-electron chi connectivity index (χ1n) is 11.4. The minimum Gasteiger partial charge on any atom is -0.456 e. The molecule has 0 aliphatic rings. The predicted molar refractivity (Wildman–Crippen MR) is 117 cm³/mol. The van der Waals surface area contributed by atoms with Gasteiger partial charge >= 0.3 is 0 Å². The second-order valence-electron chi connectivity index (χ2n) is 7.41. The third-order valence-corrected chi connectivity index (χ3v) is 5.64. The number of fused-ring (bicyclic) bond motifs is 5. The van der Waals surface area contributed by atoms with Crippen LogP contribution >= 0.6 is 0 Å². The summed E-state index contributed by atoms with van der Waals surface area (Å²) in [7, 11) is 1.92. The zero-order chi connectivity index (χ0) is 22.8. The van der Waals surface area contributed by atoms with Crippen molar-refractivity contribution in [3.05, 3.63) is 78.0 Å². The molecule has 28 heavy (non-hydrogen) atoms. The fourth-order valence-electron chi connectivity index (χ4n) is 4.09. The van der Waals surface area contributed by atoms with E-state index in [-0.39, 0.29) is 0 Å². The van der Waals surface area contributed by atoms with Gasteiger partial charge in [-0.2, -0.15) is 0 Å². The largest absolute Gasteiger partial charge is 0.456 e. The molecule has 0 spiro atoms. The van der Waals surface area contributed by atoms with E-state index in [1.165, 1.54) is 12.3 Å². The highest BCUT2D eigenvalue weighted by atomic mass is 16.3. The molecule has 2 heteroatoms. The molecule has 138 valence electrons. The number of hydrogen-bond acceptors (Lipinski definition) is 1. The summed E-state index contributed by atoms with van der Waals surface area (Å²) in [5, 5.41) is 4.49. The Kier molecular flexibility index (Phi) is 2.90. The summed E-state index contributed by atoms with van der Waals surface area (Å²) in [6.07, 6.45) is 1.82. The molecule has 1 atom stereocenters. The van der Waals surface area contributed by atoms with Crippen LogP contribution in [-0.4, -0.2) is 0 Å². The van der Waals surface area contributed by atoms with Gasteiger partial charge in [0.25, 0.3) is 0 Å². The molecular weight excluding hydrogens is 342 g/mol. The van der Waals surface area contributed by atoms with Crippen molar-refractivity contribution in [2.45, 2.75) is 26.6 Å². The van der Waals surface area contributed by atoms with Crippen LogP contribution in [0.3, 0.4) is 0 Å². The van der Waals surface area contributed by atoms with E-state index >= 15 is 0 Å². The third-order valence-electron chi connectivity index (χ3n) is 5.64. The van der Waals surface area contributed by atoms with Gasteiger partial charge in [0.15, 0.2) is 6.20 Å². The van der Waals surface area contributed by atoms with Gasteiger partial charge in [0.2, 0.25) is 5.69 Å². The molecule has 5 aromatic rings. The zero-order valence-corrected chi connectivity index (χ0v) is 16.2. The van der Waals surface area contributed by atoms with E-state index < -0.39 is 12.7 Å². The van der Waals surface area contributed by atoms with Gasteiger partial charge in [-0.05, 0) is 47.4 Å².